The van der Waals surface area contributed by atoms with Gasteiger partial charge in [0.1, 0.15) is 12.2 Å². The van der Waals surface area contributed by atoms with Gasteiger partial charge in [-0.25, -0.2) is 9.59 Å². The van der Waals surface area contributed by atoms with E-state index in [1.165, 1.54) is 22.3 Å². The third-order valence-electron chi connectivity index (χ3n) is 8.15. The number of fused-ring (bicyclic) bond motifs is 3. The summed E-state index contributed by atoms with van der Waals surface area (Å²) < 4.78 is 11.8. The van der Waals surface area contributed by atoms with Gasteiger partial charge in [-0.1, -0.05) is 48.5 Å². The topological polar surface area (TPSA) is 71.1 Å². The van der Waals surface area contributed by atoms with Crippen molar-refractivity contribution in [3.05, 3.63) is 81.9 Å². The molecule has 1 aliphatic carbocycles. The van der Waals surface area contributed by atoms with Crippen LogP contribution in [0.2, 0.25) is 0 Å². The van der Waals surface area contributed by atoms with Gasteiger partial charge in [-0.05, 0) is 80.5 Å². The van der Waals surface area contributed by atoms with E-state index >= 15 is 0 Å². The number of hydrogen-bond donors (Lipinski definition) is 1. The number of hydrogen-bond acceptors (Lipinski definition) is 6. The van der Waals surface area contributed by atoms with Crippen molar-refractivity contribution in [2.45, 2.75) is 53.1 Å². The van der Waals surface area contributed by atoms with E-state index in [0.717, 1.165) is 43.0 Å². The number of anilines is 2. The van der Waals surface area contributed by atoms with Crippen molar-refractivity contribution in [1.29, 1.82) is 0 Å². The van der Waals surface area contributed by atoms with Crippen molar-refractivity contribution in [3.63, 3.8) is 0 Å². The summed E-state index contributed by atoms with van der Waals surface area (Å²) in [6, 6.07) is 16.6. The molecule has 1 saturated heterocycles. The van der Waals surface area contributed by atoms with Gasteiger partial charge in [0.15, 0.2) is 0 Å². The van der Waals surface area contributed by atoms with Crippen molar-refractivity contribution >= 4 is 23.4 Å². The summed E-state index contributed by atoms with van der Waals surface area (Å²) in [5, 5.41) is 3.40. The highest BCUT2D eigenvalue weighted by Gasteiger charge is 2.33. The molecule has 7 nitrogen and oxygen atoms in total. The molecule has 0 spiro atoms. The van der Waals surface area contributed by atoms with Gasteiger partial charge in [-0.15, -0.1) is 0 Å². The maximum Gasteiger partial charge on any atom is 0.414 e. The number of rotatable bonds is 5. The summed E-state index contributed by atoms with van der Waals surface area (Å²) in [6.07, 6.45) is -0.455. The van der Waals surface area contributed by atoms with Gasteiger partial charge in [0.25, 0.3) is 0 Å². The van der Waals surface area contributed by atoms with Crippen molar-refractivity contribution in [1.82, 2.24) is 5.32 Å². The third kappa shape index (κ3) is 5.43. The van der Waals surface area contributed by atoms with Crippen LogP contribution in [-0.2, 0) is 9.47 Å². The first-order valence-electron chi connectivity index (χ1n) is 14.4. The maximum absolute atomic E-state index is 13.7. The summed E-state index contributed by atoms with van der Waals surface area (Å²) in [6.45, 7) is 15.1. The van der Waals surface area contributed by atoms with Crippen molar-refractivity contribution in [2.75, 3.05) is 49.6 Å². The fraction of sp³-hybridized carbons (Fsp3) is 0.412. The zero-order valence-corrected chi connectivity index (χ0v) is 25.3. The molecule has 3 aromatic rings. The molecule has 0 bridgehead atoms. The quantitative estimate of drug-likeness (QED) is 0.370. The largest absolute Gasteiger partial charge is 0.456 e. The van der Waals surface area contributed by atoms with Crippen LogP contribution in [0.3, 0.4) is 0 Å². The minimum absolute atomic E-state index is 0.0336. The lowest BCUT2D eigenvalue weighted by atomic mass is 9.93. The molecule has 7 heteroatoms. The second-order valence-corrected chi connectivity index (χ2v) is 12.0. The molecule has 1 aliphatic heterocycles. The Morgan fingerprint density at radius 2 is 1.46 bits per heavy atom. The lowest BCUT2D eigenvalue weighted by Crippen LogP contribution is -2.44. The fourth-order valence-corrected chi connectivity index (χ4v) is 6.48. The van der Waals surface area contributed by atoms with E-state index < -0.39 is 11.7 Å². The van der Waals surface area contributed by atoms with E-state index in [9.17, 15) is 9.59 Å². The molecule has 1 fully saturated rings. The molecule has 0 aromatic heterocycles. The number of nitrogens with zero attached hydrogens (tertiary/aromatic N) is 2. The first-order valence-corrected chi connectivity index (χ1v) is 14.4. The number of ether oxygens (including phenoxy) is 2. The molecule has 0 unspecified atom stereocenters. The van der Waals surface area contributed by atoms with Crippen LogP contribution in [0.15, 0.2) is 48.5 Å². The molecule has 1 heterocycles. The Bertz CT molecular complexity index is 1440. The number of amides is 1. The van der Waals surface area contributed by atoms with E-state index in [0.29, 0.717) is 16.8 Å². The highest BCUT2D eigenvalue weighted by Crippen LogP contribution is 2.45. The van der Waals surface area contributed by atoms with E-state index in [-0.39, 0.29) is 18.5 Å². The summed E-state index contributed by atoms with van der Waals surface area (Å²) in [4.78, 5) is 31.1. The highest BCUT2D eigenvalue weighted by atomic mass is 16.6. The van der Waals surface area contributed by atoms with Crippen LogP contribution in [0.4, 0.5) is 16.2 Å². The molecule has 5 rings (SSSR count). The molecule has 0 saturated carbocycles. The second kappa shape index (κ2) is 11.2. The normalized spacial score (nSPS) is 14.9. The average Bonchev–Trinajstić information content (AvgIpc) is 3.25. The van der Waals surface area contributed by atoms with Crippen LogP contribution in [0.1, 0.15) is 64.9 Å². The summed E-state index contributed by atoms with van der Waals surface area (Å²) in [5.74, 6) is -0.417. The van der Waals surface area contributed by atoms with Gasteiger partial charge in [-0.3, -0.25) is 4.90 Å². The molecular weight excluding hydrogens is 514 g/mol. The molecule has 216 valence electrons. The summed E-state index contributed by atoms with van der Waals surface area (Å²) >= 11 is 0. The van der Waals surface area contributed by atoms with Gasteiger partial charge in [0, 0.05) is 44.8 Å². The van der Waals surface area contributed by atoms with Crippen LogP contribution in [0.5, 0.6) is 0 Å². The summed E-state index contributed by atoms with van der Waals surface area (Å²) in [7, 11) is 1.73. The standard InChI is InChI=1S/C34H41N3O4/c1-21-29(32(38)41-34(4,5)6)22(2)31(37-18-16-35-17-19-37)23(3)30(21)36(7)33(39)40-20-28-26-14-10-8-12-24(26)25-13-9-11-15-27(25)28/h8-15,28,35H,16-20H2,1-7H3. The lowest BCUT2D eigenvalue weighted by Gasteiger charge is -2.35. The molecular formula is C34H41N3O4. The van der Waals surface area contributed by atoms with Crippen LogP contribution in [0, 0.1) is 20.8 Å². The minimum atomic E-state index is -0.644. The van der Waals surface area contributed by atoms with Gasteiger partial charge in [0.05, 0.1) is 11.3 Å². The van der Waals surface area contributed by atoms with E-state index in [2.05, 4.69) is 34.5 Å². The highest BCUT2D eigenvalue weighted by molar-refractivity contribution is 6.01. The molecule has 41 heavy (non-hydrogen) atoms. The zero-order chi connectivity index (χ0) is 29.5. The van der Waals surface area contributed by atoms with Gasteiger partial charge < -0.3 is 19.7 Å². The Kier molecular flexibility index (Phi) is 7.84. The van der Waals surface area contributed by atoms with Crippen LogP contribution >= 0.6 is 0 Å². The molecule has 1 N–H and O–H groups in total. The van der Waals surface area contributed by atoms with Gasteiger partial charge >= 0.3 is 12.1 Å². The Morgan fingerprint density at radius 3 is 2.02 bits per heavy atom. The first kappa shape index (κ1) is 28.7. The monoisotopic (exact) mass is 555 g/mol. The Morgan fingerprint density at radius 1 is 0.902 bits per heavy atom. The Hall–Kier alpha value is -3.84. The maximum atomic E-state index is 13.7. The number of piperazine rings is 1. The number of benzene rings is 3. The second-order valence-electron chi connectivity index (χ2n) is 12.0. The van der Waals surface area contributed by atoms with Crippen molar-refractivity contribution < 1.29 is 19.1 Å². The SMILES string of the molecule is Cc1c(C(=O)OC(C)(C)C)c(C)c(N(C)C(=O)OCC2c3ccccc3-c3ccccc32)c(C)c1N1CCNCC1. The Labute approximate surface area is 243 Å². The first-order chi connectivity index (χ1) is 19.5. The van der Waals surface area contributed by atoms with Crippen LogP contribution in [0.25, 0.3) is 11.1 Å². The lowest BCUT2D eigenvalue weighted by molar-refractivity contribution is 0.00679. The molecule has 1 amide bonds. The molecule has 0 atom stereocenters. The predicted octanol–water partition coefficient (Wildman–Crippen LogP) is 6.36. The van der Waals surface area contributed by atoms with E-state index in [1.54, 1.807) is 11.9 Å². The smallest absolute Gasteiger partial charge is 0.414 e. The fourth-order valence-electron chi connectivity index (χ4n) is 6.48. The Balaban J connectivity index is 1.49. The molecule has 0 radical (unpaired) electrons. The van der Waals surface area contributed by atoms with Crippen LogP contribution < -0.4 is 15.1 Å². The third-order valence-corrected chi connectivity index (χ3v) is 8.15. The van der Waals surface area contributed by atoms with Crippen molar-refractivity contribution in [2.24, 2.45) is 0 Å². The number of carbonyl (C=O) groups excluding carboxylic acids is 2. The number of esters is 1. The number of nitrogens with one attached hydrogen (secondary N) is 1. The summed E-state index contributed by atoms with van der Waals surface area (Å²) in [5.41, 5.74) is 8.77. The van der Waals surface area contributed by atoms with Gasteiger partial charge in [-0.2, -0.15) is 0 Å². The zero-order valence-electron chi connectivity index (χ0n) is 25.3. The average molecular weight is 556 g/mol. The molecule has 2 aliphatic rings. The van der Waals surface area contributed by atoms with E-state index in [1.807, 2.05) is 65.8 Å². The molecule has 3 aromatic carbocycles. The minimum Gasteiger partial charge on any atom is -0.456 e. The van der Waals surface area contributed by atoms with Crippen LogP contribution in [-0.4, -0.2) is 57.5 Å². The van der Waals surface area contributed by atoms with E-state index in [4.69, 9.17) is 9.47 Å². The predicted molar refractivity (Wildman–Crippen MR) is 164 cm³/mol. The van der Waals surface area contributed by atoms with Gasteiger partial charge in [0.2, 0.25) is 0 Å². The van der Waals surface area contributed by atoms with Crippen molar-refractivity contribution in [3.8, 4) is 11.1 Å². The number of carbonyl (C=O) groups is 2.